The van der Waals surface area contributed by atoms with E-state index in [1.165, 1.54) is 6.07 Å². The molecule has 1 aromatic carbocycles. The molecule has 2 rings (SSSR count). The molecule has 0 saturated heterocycles. The maximum atomic E-state index is 13.4. The summed E-state index contributed by atoms with van der Waals surface area (Å²) in [6.45, 7) is -3.11. The molecule has 0 aliphatic heterocycles. The lowest BCUT2D eigenvalue weighted by molar-refractivity contribution is -0.140. The van der Waals surface area contributed by atoms with Crippen molar-refractivity contribution in [2.24, 2.45) is 0 Å². The Labute approximate surface area is 94.8 Å². The van der Waals surface area contributed by atoms with Crippen molar-refractivity contribution in [2.45, 2.75) is 24.9 Å². The number of rotatable bonds is 4. The molecule has 0 unspecified atom stereocenters. The fourth-order valence-electron chi connectivity index (χ4n) is 1.74. The van der Waals surface area contributed by atoms with Gasteiger partial charge >= 0.3 is 12.6 Å². The predicted molar refractivity (Wildman–Crippen MR) is 51.6 cm³/mol. The van der Waals surface area contributed by atoms with Gasteiger partial charge in [0.25, 0.3) is 0 Å². The lowest BCUT2D eigenvalue weighted by Crippen LogP contribution is -2.19. The van der Waals surface area contributed by atoms with Gasteiger partial charge in [0.05, 0.1) is 5.41 Å². The minimum Gasteiger partial charge on any atom is -0.481 e. The van der Waals surface area contributed by atoms with Gasteiger partial charge in [0.2, 0.25) is 0 Å². The Balaban J connectivity index is 2.28. The molecule has 1 aromatic rings. The molecule has 0 spiro atoms. The molecule has 1 saturated carbocycles. The maximum absolute atomic E-state index is 13.4. The van der Waals surface area contributed by atoms with Crippen molar-refractivity contribution in [1.29, 1.82) is 0 Å². The summed E-state index contributed by atoms with van der Waals surface area (Å²) < 4.78 is 41.1. The SMILES string of the molecule is O=C(O)C1(c2ccc(OC(F)F)c(F)c2)CC1. The van der Waals surface area contributed by atoms with Gasteiger partial charge in [-0.05, 0) is 30.5 Å². The minimum atomic E-state index is -3.11. The Morgan fingerprint density at radius 3 is 2.47 bits per heavy atom. The summed E-state index contributed by atoms with van der Waals surface area (Å²) in [5.41, 5.74) is -0.770. The summed E-state index contributed by atoms with van der Waals surface area (Å²) in [6.07, 6.45) is 0.855. The first-order valence-electron chi connectivity index (χ1n) is 4.94. The highest BCUT2D eigenvalue weighted by Crippen LogP contribution is 2.49. The van der Waals surface area contributed by atoms with Gasteiger partial charge < -0.3 is 9.84 Å². The standard InChI is InChI=1S/C11H9F3O3/c12-7-5-6(11(3-4-11)9(15)16)1-2-8(7)17-10(13)14/h1-2,5,10H,3-4H2,(H,15,16). The first kappa shape index (κ1) is 11.8. The zero-order valence-corrected chi connectivity index (χ0v) is 8.62. The first-order chi connectivity index (χ1) is 7.95. The van der Waals surface area contributed by atoms with E-state index in [1.807, 2.05) is 0 Å². The van der Waals surface area contributed by atoms with E-state index in [4.69, 9.17) is 5.11 Å². The summed E-state index contributed by atoms with van der Waals surface area (Å²) in [7, 11) is 0. The van der Waals surface area contributed by atoms with E-state index in [1.54, 1.807) is 0 Å². The van der Waals surface area contributed by atoms with Gasteiger partial charge in [-0.2, -0.15) is 8.78 Å². The summed E-state index contributed by atoms with van der Waals surface area (Å²) in [6, 6.07) is 3.28. The van der Waals surface area contributed by atoms with Crippen LogP contribution in [0.4, 0.5) is 13.2 Å². The van der Waals surface area contributed by atoms with Gasteiger partial charge in [0.15, 0.2) is 11.6 Å². The van der Waals surface area contributed by atoms with Crippen LogP contribution in [0.3, 0.4) is 0 Å². The minimum absolute atomic E-state index is 0.282. The van der Waals surface area contributed by atoms with Crippen LogP contribution in [0.2, 0.25) is 0 Å². The number of aliphatic carboxylic acids is 1. The fraction of sp³-hybridized carbons (Fsp3) is 0.364. The molecule has 0 aromatic heterocycles. The Morgan fingerprint density at radius 1 is 1.41 bits per heavy atom. The molecule has 0 heterocycles. The molecular weight excluding hydrogens is 237 g/mol. The largest absolute Gasteiger partial charge is 0.481 e. The van der Waals surface area contributed by atoms with E-state index in [9.17, 15) is 18.0 Å². The Bertz CT molecular complexity index is 455. The van der Waals surface area contributed by atoms with E-state index in [-0.39, 0.29) is 5.56 Å². The van der Waals surface area contributed by atoms with E-state index >= 15 is 0 Å². The van der Waals surface area contributed by atoms with Gasteiger partial charge in [0, 0.05) is 0 Å². The van der Waals surface area contributed by atoms with E-state index in [0.717, 1.165) is 12.1 Å². The summed E-state index contributed by atoms with van der Waals surface area (Å²) in [5, 5.41) is 8.99. The van der Waals surface area contributed by atoms with Gasteiger partial charge in [-0.1, -0.05) is 6.07 Å². The van der Waals surface area contributed by atoms with Crippen LogP contribution in [-0.4, -0.2) is 17.7 Å². The van der Waals surface area contributed by atoms with Crippen molar-refractivity contribution in [3.05, 3.63) is 29.6 Å². The highest BCUT2D eigenvalue weighted by molar-refractivity contribution is 5.84. The number of halogens is 3. The molecule has 1 N–H and O–H groups in total. The lowest BCUT2D eigenvalue weighted by Gasteiger charge is -2.12. The third kappa shape index (κ3) is 2.07. The number of carboxylic acid groups (broad SMARTS) is 1. The second kappa shape index (κ2) is 3.94. The average molecular weight is 246 g/mol. The molecule has 0 atom stereocenters. The van der Waals surface area contributed by atoms with Crippen molar-refractivity contribution in [1.82, 2.24) is 0 Å². The van der Waals surface area contributed by atoms with Crippen LogP contribution in [0.15, 0.2) is 18.2 Å². The van der Waals surface area contributed by atoms with Crippen LogP contribution >= 0.6 is 0 Å². The average Bonchev–Trinajstić information content (AvgIpc) is 3.01. The predicted octanol–water partition coefficient (Wildman–Crippen LogP) is 2.54. The maximum Gasteiger partial charge on any atom is 0.387 e. The van der Waals surface area contributed by atoms with Crippen molar-refractivity contribution >= 4 is 5.97 Å². The number of alkyl halides is 2. The summed E-state index contributed by atoms with van der Waals surface area (Å²) in [5.74, 6) is -2.58. The molecule has 1 aliphatic rings. The Hall–Kier alpha value is -1.72. The van der Waals surface area contributed by atoms with Crippen molar-refractivity contribution in [3.8, 4) is 5.75 Å². The van der Waals surface area contributed by atoms with Gasteiger partial charge in [-0.3, -0.25) is 4.79 Å². The number of ether oxygens (including phenoxy) is 1. The van der Waals surface area contributed by atoms with Crippen LogP contribution in [0.5, 0.6) is 5.75 Å². The molecule has 6 heteroatoms. The van der Waals surface area contributed by atoms with E-state index in [2.05, 4.69) is 4.74 Å². The van der Waals surface area contributed by atoms with Gasteiger partial charge in [-0.15, -0.1) is 0 Å². The number of hydrogen-bond donors (Lipinski definition) is 1. The monoisotopic (exact) mass is 246 g/mol. The summed E-state index contributed by atoms with van der Waals surface area (Å²) in [4.78, 5) is 11.0. The zero-order chi connectivity index (χ0) is 12.6. The smallest absolute Gasteiger partial charge is 0.387 e. The fourth-order valence-corrected chi connectivity index (χ4v) is 1.74. The highest BCUT2D eigenvalue weighted by atomic mass is 19.3. The second-order valence-corrected chi connectivity index (χ2v) is 3.91. The molecule has 0 amide bonds. The van der Waals surface area contributed by atoms with Crippen molar-refractivity contribution in [3.63, 3.8) is 0 Å². The van der Waals surface area contributed by atoms with Crippen LogP contribution in [0, 0.1) is 5.82 Å². The van der Waals surface area contributed by atoms with E-state index < -0.39 is 29.6 Å². The molecular formula is C11H9F3O3. The second-order valence-electron chi connectivity index (χ2n) is 3.91. The molecule has 0 bridgehead atoms. The molecule has 1 fully saturated rings. The highest BCUT2D eigenvalue weighted by Gasteiger charge is 2.51. The van der Waals surface area contributed by atoms with Crippen LogP contribution in [-0.2, 0) is 10.2 Å². The first-order valence-corrected chi connectivity index (χ1v) is 4.94. The normalized spacial score (nSPS) is 16.9. The van der Waals surface area contributed by atoms with Crippen molar-refractivity contribution in [2.75, 3.05) is 0 Å². The number of benzene rings is 1. The van der Waals surface area contributed by atoms with Crippen molar-refractivity contribution < 1.29 is 27.8 Å². The molecule has 17 heavy (non-hydrogen) atoms. The third-order valence-electron chi connectivity index (χ3n) is 2.86. The number of carboxylic acids is 1. The molecule has 0 radical (unpaired) electrons. The Kier molecular flexibility index (Phi) is 2.73. The van der Waals surface area contributed by atoms with Crippen LogP contribution in [0.1, 0.15) is 18.4 Å². The Morgan fingerprint density at radius 2 is 2.06 bits per heavy atom. The summed E-state index contributed by atoms with van der Waals surface area (Å²) >= 11 is 0. The molecule has 3 nitrogen and oxygen atoms in total. The quantitative estimate of drug-likeness (QED) is 0.888. The topological polar surface area (TPSA) is 46.5 Å². The number of hydrogen-bond acceptors (Lipinski definition) is 2. The number of carbonyl (C=O) groups is 1. The van der Waals surface area contributed by atoms with Crippen LogP contribution < -0.4 is 4.74 Å². The molecule has 1 aliphatic carbocycles. The third-order valence-corrected chi connectivity index (χ3v) is 2.86. The lowest BCUT2D eigenvalue weighted by atomic mass is 9.96. The van der Waals surface area contributed by atoms with Gasteiger partial charge in [0.1, 0.15) is 0 Å². The zero-order valence-electron chi connectivity index (χ0n) is 8.62. The molecule has 92 valence electrons. The van der Waals surface area contributed by atoms with E-state index in [0.29, 0.717) is 12.8 Å². The van der Waals surface area contributed by atoms with Gasteiger partial charge in [-0.25, -0.2) is 4.39 Å². The van der Waals surface area contributed by atoms with Crippen LogP contribution in [0.25, 0.3) is 0 Å².